The average Bonchev–Trinajstić information content (AvgIpc) is 2.65. The van der Waals surface area contributed by atoms with Gasteiger partial charge in [-0.1, -0.05) is 48.0 Å². The second-order valence-corrected chi connectivity index (χ2v) is 5.88. The molecule has 3 rings (SSSR count). The molecule has 5 heteroatoms. The third-order valence-corrected chi connectivity index (χ3v) is 4.08. The Morgan fingerprint density at radius 3 is 2.40 bits per heavy atom. The number of nitrogens with one attached hydrogen (secondary N) is 1. The fourth-order valence-electron chi connectivity index (χ4n) is 2.70. The van der Waals surface area contributed by atoms with Crippen LogP contribution in [0.5, 0.6) is 0 Å². The van der Waals surface area contributed by atoms with Gasteiger partial charge in [0.1, 0.15) is 12.0 Å². The van der Waals surface area contributed by atoms with Gasteiger partial charge in [0.05, 0.1) is 0 Å². The molecule has 0 atom stereocenters. The number of aryl methyl sites for hydroxylation is 1. The second-order valence-electron chi connectivity index (χ2n) is 5.88. The first-order chi connectivity index (χ1) is 12.2. The van der Waals surface area contributed by atoms with Gasteiger partial charge in [-0.15, -0.1) is 0 Å². The number of anilines is 4. The summed E-state index contributed by atoms with van der Waals surface area (Å²) in [6.45, 7) is 5.59. The number of nitrogens with two attached hydrogens (primary N) is 1. The molecular formula is C20H23N5. The van der Waals surface area contributed by atoms with Crippen LogP contribution in [0.1, 0.15) is 18.1 Å². The van der Waals surface area contributed by atoms with E-state index in [0.717, 1.165) is 18.1 Å². The van der Waals surface area contributed by atoms with Gasteiger partial charge in [-0.25, -0.2) is 9.97 Å². The molecule has 1 heterocycles. The van der Waals surface area contributed by atoms with E-state index in [1.54, 1.807) is 6.33 Å². The largest absolute Gasteiger partial charge is 0.393 e. The number of nitrogens with zero attached hydrogens (tertiary/aromatic N) is 3. The number of hydrogen-bond acceptors (Lipinski definition) is 5. The molecule has 0 spiro atoms. The molecule has 0 unspecified atom stereocenters. The lowest BCUT2D eigenvalue weighted by Gasteiger charge is -2.24. The Balaban J connectivity index is 1.82. The highest BCUT2D eigenvalue weighted by molar-refractivity contribution is 5.79. The maximum Gasteiger partial charge on any atom is 0.161 e. The number of rotatable bonds is 6. The Morgan fingerprint density at radius 2 is 1.72 bits per heavy atom. The van der Waals surface area contributed by atoms with E-state index in [4.69, 9.17) is 5.73 Å². The first-order valence-corrected chi connectivity index (χ1v) is 8.41. The summed E-state index contributed by atoms with van der Waals surface area (Å²) in [7, 11) is 0. The number of nitrogen functional groups attached to an aromatic ring is 1. The molecule has 1 aromatic heterocycles. The Hall–Kier alpha value is -3.08. The van der Waals surface area contributed by atoms with Crippen LogP contribution in [0.15, 0.2) is 60.9 Å². The molecule has 3 N–H and O–H groups in total. The molecule has 3 aromatic rings. The van der Waals surface area contributed by atoms with Crippen molar-refractivity contribution < 1.29 is 0 Å². The lowest BCUT2D eigenvalue weighted by atomic mass is 10.1. The van der Waals surface area contributed by atoms with Crippen molar-refractivity contribution in [1.82, 2.24) is 9.97 Å². The Kier molecular flexibility index (Phi) is 5.14. The molecule has 0 aliphatic carbocycles. The fraction of sp³-hybridized carbons (Fsp3) is 0.200. The van der Waals surface area contributed by atoms with Gasteiger partial charge in [0.25, 0.3) is 0 Å². The molecule has 0 saturated carbocycles. The van der Waals surface area contributed by atoms with Crippen LogP contribution < -0.4 is 16.0 Å². The molecule has 128 valence electrons. The van der Waals surface area contributed by atoms with Gasteiger partial charge in [-0.05, 0) is 31.5 Å². The zero-order chi connectivity index (χ0) is 17.6. The van der Waals surface area contributed by atoms with Crippen LogP contribution in [0.25, 0.3) is 0 Å². The molecule has 5 nitrogen and oxygen atoms in total. The average molecular weight is 333 g/mol. The van der Waals surface area contributed by atoms with Crippen LogP contribution in [-0.2, 0) is 6.54 Å². The van der Waals surface area contributed by atoms with Crippen molar-refractivity contribution in [3.05, 3.63) is 72.1 Å². The SMILES string of the molecule is CCN(c1ccccc1)c1ncnc(NCc2ccc(C)cc2)c1N. The lowest BCUT2D eigenvalue weighted by Crippen LogP contribution is -2.20. The van der Waals surface area contributed by atoms with Crippen LogP contribution in [0.3, 0.4) is 0 Å². The van der Waals surface area contributed by atoms with Crippen LogP contribution in [0.2, 0.25) is 0 Å². The zero-order valence-electron chi connectivity index (χ0n) is 14.6. The van der Waals surface area contributed by atoms with Crippen molar-refractivity contribution >= 4 is 23.0 Å². The molecule has 0 fully saturated rings. The molecule has 0 bridgehead atoms. The van der Waals surface area contributed by atoms with Crippen LogP contribution in [-0.4, -0.2) is 16.5 Å². The highest BCUT2D eigenvalue weighted by Gasteiger charge is 2.15. The standard InChI is InChI=1S/C20H23N5/c1-3-25(17-7-5-4-6-8-17)20-18(21)19(23-14-24-20)22-13-16-11-9-15(2)10-12-16/h4-12,14H,3,13,21H2,1-2H3,(H,22,23,24). The first kappa shape index (κ1) is 16.8. The van der Waals surface area contributed by atoms with E-state index in [0.29, 0.717) is 18.1 Å². The van der Waals surface area contributed by atoms with E-state index in [1.807, 2.05) is 30.3 Å². The third kappa shape index (κ3) is 3.88. The predicted molar refractivity (Wildman–Crippen MR) is 104 cm³/mol. The number of para-hydroxylation sites is 1. The molecule has 0 aliphatic heterocycles. The van der Waals surface area contributed by atoms with E-state index in [-0.39, 0.29) is 0 Å². The molecule has 25 heavy (non-hydrogen) atoms. The van der Waals surface area contributed by atoms with Crippen molar-refractivity contribution in [2.75, 3.05) is 22.5 Å². The molecule has 0 amide bonds. The van der Waals surface area contributed by atoms with Crippen molar-refractivity contribution in [2.45, 2.75) is 20.4 Å². The molecular weight excluding hydrogens is 310 g/mol. The van der Waals surface area contributed by atoms with E-state index in [1.165, 1.54) is 11.1 Å². The summed E-state index contributed by atoms with van der Waals surface area (Å²) in [4.78, 5) is 10.8. The molecule has 0 radical (unpaired) electrons. The van der Waals surface area contributed by atoms with Gasteiger partial charge in [0, 0.05) is 18.8 Å². The lowest BCUT2D eigenvalue weighted by molar-refractivity contribution is 0.975. The van der Waals surface area contributed by atoms with Gasteiger partial charge in [-0.2, -0.15) is 0 Å². The van der Waals surface area contributed by atoms with Crippen LogP contribution in [0.4, 0.5) is 23.0 Å². The molecule has 2 aromatic carbocycles. The van der Waals surface area contributed by atoms with Crippen LogP contribution in [0, 0.1) is 6.92 Å². The second kappa shape index (κ2) is 7.66. The zero-order valence-corrected chi connectivity index (χ0v) is 14.6. The van der Waals surface area contributed by atoms with E-state index in [9.17, 15) is 0 Å². The van der Waals surface area contributed by atoms with Crippen molar-refractivity contribution in [3.63, 3.8) is 0 Å². The number of benzene rings is 2. The van der Waals surface area contributed by atoms with Gasteiger partial charge in [-0.3, -0.25) is 0 Å². The molecule has 0 saturated heterocycles. The van der Waals surface area contributed by atoms with Gasteiger partial charge < -0.3 is 16.0 Å². The Morgan fingerprint density at radius 1 is 1.00 bits per heavy atom. The fourth-order valence-corrected chi connectivity index (χ4v) is 2.70. The monoisotopic (exact) mass is 333 g/mol. The summed E-state index contributed by atoms with van der Waals surface area (Å²) >= 11 is 0. The van der Waals surface area contributed by atoms with Crippen molar-refractivity contribution in [2.24, 2.45) is 0 Å². The van der Waals surface area contributed by atoms with Crippen molar-refractivity contribution in [3.8, 4) is 0 Å². The third-order valence-electron chi connectivity index (χ3n) is 4.08. The number of hydrogen-bond donors (Lipinski definition) is 2. The van der Waals surface area contributed by atoms with Crippen LogP contribution >= 0.6 is 0 Å². The first-order valence-electron chi connectivity index (χ1n) is 8.41. The minimum Gasteiger partial charge on any atom is -0.393 e. The highest BCUT2D eigenvalue weighted by Crippen LogP contribution is 2.31. The quantitative estimate of drug-likeness (QED) is 0.710. The predicted octanol–water partition coefficient (Wildman–Crippen LogP) is 4.14. The van der Waals surface area contributed by atoms with E-state index in [2.05, 4.69) is 58.3 Å². The summed E-state index contributed by atoms with van der Waals surface area (Å²) in [6, 6.07) is 18.5. The smallest absolute Gasteiger partial charge is 0.161 e. The van der Waals surface area contributed by atoms with E-state index >= 15 is 0 Å². The summed E-state index contributed by atoms with van der Waals surface area (Å²) in [5, 5.41) is 3.32. The normalized spacial score (nSPS) is 10.5. The van der Waals surface area contributed by atoms with Crippen molar-refractivity contribution in [1.29, 1.82) is 0 Å². The number of aromatic nitrogens is 2. The molecule has 0 aliphatic rings. The summed E-state index contributed by atoms with van der Waals surface area (Å²) in [6.07, 6.45) is 1.55. The summed E-state index contributed by atoms with van der Waals surface area (Å²) < 4.78 is 0. The minimum absolute atomic E-state index is 0.556. The van der Waals surface area contributed by atoms with Gasteiger partial charge in [0.15, 0.2) is 11.6 Å². The maximum atomic E-state index is 6.36. The Labute approximate surface area is 148 Å². The van der Waals surface area contributed by atoms with Gasteiger partial charge >= 0.3 is 0 Å². The topological polar surface area (TPSA) is 67.1 Å². The van der Waals surface area contributed by atoms with E-state index < -0.39 is 0 Å². The highest BCUT2D eigenvalue weighted by atomic mass is 15.2. The summed E-state index contributed by atoms with van der Waals surface area (Å²) in [5.74, 6) is 1.37. The van der Waals surface area contributed by atoms with Gasteiger partial charge in [0.2, 0.25) is 0 Å². The maximum absolute atomic E-state index is 6.36. The minimum atomic E-state index is 0.556. The Bertz CT molecular complexity index is 815. The summed E-state index contributed by atoms with van der Waals surface area (Å²) in [5.41, 5.74) is 10.4.